The SMILES string of the molecule is O=C1N/C(=C/c2ccccc2)C(=O)/C1=C(\O)c1ccccc1. The molecule has 0 unspecified atom stereocenters. The van der Waals surface area contributed by atoms with Crippen molar-refractivity contribution >= 4 is 23.5 Å². The molecule has 2 aromatic carbocycles. The van der Waals surface area contributed by atoms with E-state index in [4.69, 9.17) is 0 Å². The molecule has 1 aliphatic rings. The summed E-state index contributed by atoms with van der Waals surface area (Å²) >= 11 is 0. The van der Waals surface area contributed by atoms with Gasteiger partial charge in [0.1, 0.15) is 11.3 Å². The van der Waals surface area contributed by atoms with Gasteiger partial charge in [0.25, 0.3) is 5.91 Å². The number of carbonyl (C=O) groups excluding carboxylic acids is 2. The highest BCUT2D eigenvalue weighted by atomic mass is 16.3. The summed E-state index contributed by atoms with van der Waals surface area (Å²) in [5.41, 5.74) is 1.16. The molecule has 0 atom stereocenters. The second-order valence-corrected chi connectivity index (χ2v) is 4.84. The number of allylic oxidation sites excluding steroid dienone is 1. The molecule has 0 aliphatic carbocycles. The predicted molar refractivity (Wildman–Crippen MR) is 83.6 cm³/mol. The van der Waals surface area contributed by atoms with Crippen molar-refractivity contribution in [2.75, 3.05) is 0 Å². The molecular formula is C18H13NO3. The zero-order valence-corrected chi connectivity index (χ0v) is 11.6. The van der Waals surface area contributed by atoms with Crippen LogP contribution in [0, 0.1) is 0 Å². The fourth-order valence-electron chi connectivity index (χ4n) is 2.25. The van der Waals surface area contributed by atoms with Crippen molar-refractivity contribution in [3.63, 3.8) is 0 Å². The van der Waals surface area contributed by atoms with E-state index in [-0.39, 0.29) is 17.0 Å². The number of Topliss-reactive ketones (excluding diaryl/α,β-unsaturated/α-hetero) is 1. The molecule has 1 amide bonds. The molecule has 22 heavy (non-hydrogen) atoms. The first-order chi connectivity index (χ1) is 10.7. The largest absolute Gasteiger partial charge is 0.506 e. The molecule has 2 N–H and O–H groups in total. The highest BCUT2D eigenvalue weighted by Crippen LogP contribution is 2.24. The summed E-state index contributed by atoms with van der Waals surface area (Å²) in [6, 6.07) is 17.7. The Hall–Kier alpha value is -3.14. The summed E-state index contributed by atoms with van der Waals surface area (Å²) in [4.78, 5) is 24.4. The molecule has 1 saturated heterocycles. The second kappa shape index (κ2) is 5.69. The van der Waals surface area contributed by atoms with Gasteiger partial charge in [0.05, 0.1) is 5.70 Å². The zero-order chi connectivity index (χ0) is 15.5. The lowest BCUT2D eigenvalue weighted by molar-refractivity contribution is -0.117. The van der Waals surface area contributed by atoms with Crippen molar-refractivity contribution < 1.29 is 14.7 Å². The summed E-state index contributed by atoms with van der Waals surface area (Å²) in [5.74, 6) is -1.40. The van der Waals surface area contributed by atoms with Gasteiger partial charge < -0.3 is 10.4 Å². The van der Waals surface area contributed by atoms with E-state index in [1.54, 1.807) is 36.4 Å². The van der Waals surface area contributed by atoms with E-state index >= 15 is 0 Å². The van der Waals surface area contributed by atoms with Crippen LogP contribution in [0.5, 0.6) is 0 Å². The molecule has 1 fully saturated rings. The summed E-state index contributed by atoms with van der Waals surface area (Å²) < 4.78 is 0. The Morgan fingerprint density at radius 1 is 0.909 bits per heavy atom. The number of rotatable bonds is 2. The van der Waals surface area contributed by atoms with Gasteiger partial charge in [-0.05, 0) is 11.6 Å². The van der Waals surface area contributed by atoms with Gasteiger partial charge in [0, 0.05) is 5.56 Å². The molecule has 2 aromatic rings. The number of carbonyl (C=O) groups is 2. The lowest BCUT2D eigenvalue weighted by Gasteiger charge is -2.01. The van der Waals surface area contributed by atoms with Gasteiger partial charge >= 0.3 is 0 Å². The molecule has 0 radical (unpaired) electrons. The van der Waals surface area contributed by atoms with Crippen LogP contribution in [0.2, 0.25) is 0 Å². The van der Waals surface area contributed by atoms with Crippen LogP contribution in [0.4, 0.5) is 0 Å². The molecule has 1 aliphatic heterocycles. The lowest BCUT2D eigenvalue weighted by Crippen LogP contribution is -2.14. The van der Waals surface area contributed by atoms with Crippen molar-refractivity contribution in [2.45, 2.75) is 0 Å². The first-order valence-corrected chi connectivity index (χ1v) is 6.78. The normalized spacial score (nSPS) is 18.5. The molecule has 0 spiro atoms. The van der Waals surface area contributed by atoms with Gasteiger partial charge in [0.2, 0.25) is 5.78 Å². The van der Waals surface area contributed by atoms with Crippen molar-refractivity contribution in [1.82, 2.24) is 5.32 Å². The van der Waals surface area contributed by atoms with E-state index in [0.29, 0.717) is 5.56 Å². The number of ketones is 1. The number of aliphatic hydroxyl groups is 1. The first-order valence-electron chi connectivity index (χ1n) is 6.78. The van der Waals surface area contributed by atoms with Crippen LogP contribution < -0.4 is 5.32 Å². The summed E-state index contributed by atoms with van der Waals surface area (Å²) in [5, 5.41) is 12.7. The molecular weight excluding hydrogens is 278 g/mol. The molecule has 0 bridgehead atoms. The van der Waals surface area contributed by atoms with Crippen molar-refractivity contribution in [2.24, 2.45) is 0 Å². The van der Waals surface area contributed by atoms with E-state index in [1.807, 2.05) is 30.3 Å². The Balaban J connectivity index is 2.01. The molecule has 0 aromatic heterocycles. The molecule has 1 heterocycles. The van der Waals surface area contributed by atoms with Gasteiger partial charge in [-0.15, -0.1) is 0 Å². The van der Waals surface area contributed by atoms with Crippen molar-refractivity contribution in [3.05, 3.63) is 83.1 Å². The van der Waals surface area contributed by atoms with Gasteiger partial charge in [0.15, 0.2) is 0 Å². The molecule has 4 nitrogen and oxygen atoms in total. The van der Waals surface area contributed by atoms with Gasteiger partial charge in [-0.1, -0.05) is 60.7 Å². The quantitative estimate of drug-likeness (QED) is 0.508. The minimum atomic E-state index is -0.589. The summed E-state index contributed by atoms with van der Waals surface area (Å²) in [7, 11) is 0. The summed E-state index contributed by atoms with van der Waals surface area (Å²) in [6.07, 6.45) is 1.59. The number of benzene rings is 2. The predicted octanol–water partition coefficient (Wildman–Crippen LogP) is 2.70. The number of hydrogen-bond donors (Lipinski definition) is 2. The van der Waals surface area contributed by atoms with Crippen molar-refractivity contribution in [3.8, 4) is 0 Å². The average Bonchev–Trinajstić information content (AvgIpc) is 2.82. The van der Waals surface area contributed by atoms with Gasteiger partial charge in [-0.3, -0.25) is 9.59 Å². The van der Waals surface area contributed by atoms with Gasteiger partial charge in [-0.25, -0.2) is 0 Å². The highest BCUT2D eigenvalue weighted by Gasteiger charge is 2.34. The number of aliphatic hydroxyl groups excluding tert-OH is 1. The van der Waals surface area contributed by atoms with E-state index in [9.17, 15) is 14.7 Å². The van der Waals surface area contributed by atoms with Crippen LogP contribution >= 0.6 is 0 Å². The third-order valence-corrected chi connectivity index (χ3v) is 3.34. The minimum absolute atomic E-state index is 0.161. The molecule has 4 heteroatoms. The number of amides is 1. The fraction of sp³-hybridized carbons (Fsp3) is 0. The van der Waals surface area contributed by atoms with Crippen LogP contribution in [0.1, 0.15) is 11.1 Å². The third kappa shape index (κ3) is 2.54. The Bertz CT molecular complexity index is 790. The fourth-order valence-corrected chi connectivity index (χ4v) is 2.25. The first kappa shape index (κ1) is 13.8. The number of nitrogens with one attached hydrogen (secondary N) is 1. The van der Waals surface area contributed by atoms with Crippen LogP contribution in [-0.2, 0) is 9.59 Å². The van der Waals surface area contributed by atoms with E-state index < -0.39 is 11.7 Å². The Kier molecular flexibility index (Phi) is 3.58. The van der Waals surface area contributed by atoms with Crippen LogP contribution in [0.3, 0.4) is 0 Å². The van der Waals surface area contributed by atoms with E-state index in [0.717, 1.165) is 5.56 Å². The maximum absolute atomic E-state index is 12.4. The average molecular weight is 291 g/mol. The monoisotopic (exact) mass is 291 g/mol. The smallest absolute Gasteiger partial charge is 0.263 e. The summed E-state index contributed by atoms with van der Waals surface area (Å²) in [6.45, 7) is 0. The third-order valence-electron chi connectivity index (χ3n) is 3.34. The van der Waals surface area contributed by atoms with Gasteiger partial charge in [-0.2, -0.15) is 0 Å². The number of hydrogen-bond acceptors (Lipinski definition) is 3. The lowest BCUT2D eigenvalue weighted by atomic mass is 10.0. The molecule has 108 valence electrons. The Morgan fingerprint density at radius 3 is 2.14 bits per heavy atom. The van der Waals surface area contributed by atoms with Crippen molar-refractivity contribution in [1.29, 1.82) is 0 Å². The molecule has 0 saturated carbocycles. The molecule has 3 rings (SSSR count). The minimum Gasteiger partial charge on any atom is -0.506 e. The topological polar surface area (TPSA) is 66.4 Å². The maximum Gasteiger partial charge on any atom is 0.263 e. The van der Waals surface area contributed by atoms with Crippen LogP contribution in [-0.4, -0.2) is 16.8 Å². The standard InChI is InChI=1S/C18H13NO3/c20-16(13-9-5-2-6-10-13)15-17(21)14(19-18(15)22)11-12-7-3-1-4-8-12/h1-11,20H,(H,19,22)/b14-11+,16-15+. The van der Waals surface area contributed by atoms with Crippen LogP contribution in [0.15, 0.2) is 71.9 Å². The maximum atomic E-state index is 12.4. The zero-order valence-electron chi connectivity index (χ0n) is 11.6. The van der Waals surface area contributed by atoms with E-state index in [2.05, 4.69) is 5.32 Å². The second-order valence-electron chi connectivity index (χ2n) is 4.84. The Labute approximate surface area is 127 Å². The highest BCUT2D eigenvalue weighted by molar-refractivity contribution is 6.36. The Morgan fingerprint density at radius 2 is 1.50 bits per heavy atom. The van der Waals surface area contributed by atoms with Crippen LogP contribution in [0.25, 0.3) is 11.8 Å². The van der Waals surface area contributed by atoms with E-state index in [1.165, 1.54) is 0 Å².